The molecule has 2 aromatic carbocycles. The lowest BCUT2D eigenvalue weighted by Crippen LogP contribution is -2.14. The van der Waals surface area contributed by atoms with Gasteiger partial charge in [-0.2, -0.15) is 5.10 Å². The zero-order valence-corrected chi connectivity index (χ0v) is 15.3. The lowest BCUT2D eigenvalue weighted by Gasteiger charge is -2.17. The Morgan fingerprint density at radius 1 is 0.917 bits per heavy atom. The van der Waals surface area contributed by atoms with Gasteiger partial charge in [-0.1, -0.05) is 70.2 Å². The highest BCUT2D eigenvalue weighted by Gasteiger charge is 2.26. The third-order valence-corrected chi connectivity index (χ3v) is 4.48. The zero-order chi connectivity index (χ0) is 17.3. The molecular weight excluding hydrogens is 292 g/mol. The normalized spacial score (nSPS) is 11.7. The first-order chi connectivity index (χ1) is 11.4. The summed E-state index contributed by atoms with van der Waals surface area (Å²) in [5.41, 5.74) is 7.28. The van der Waals surface area contributed by atoms with E-state index >= 15 is 0 Å². The fourth-order valence-electron chi connectivity index (χ4n) is 3.10. The molecule has 2 nitrogen and oxygen atoms in total. The Bertz CT molecular complexity index is 819. The van der Waals surface area contributed by atoms with Crippen molar-refractivity contribution < 1.29 is 0 Å². The zero-order valence-electron chi connectivity index (χ0n) is 15.3. The highest BCUT2D eigenvalue weighted by atomic mass is 15.3. The minimum absolute atomic E-state index is 0.00938. The summed E-state index contributed by atoms with van der Waals surface area (Å²) in [6.45, 7) is 11.0. The second-order valence-electron chi connectivity index (χ2n) is 7.36. The minimum atomic E-state index is -0.00938. The average Bonchev–Trinajstić information content (AvgIpc) is 2.93. The van der Waals surface area contributed by atoms with Crippen molar-refractivity contribution in [2.45, 2.75) is 46.5 Å². The molecule has 0 saturated heterocycles. The van der Waals surface area contributed by atoms with Crippen LogP contribution >= 0.6 is 0 Å². The van der Waals surface area contributed by atoms with E-state index in [-0.39, 0.29) is 5.41 Å². The van der Waals surface area contributed by atoms with Crippen molar-refractivity contribution >= 4 is 0 Å². The molecule has 0 bridgehead atoms. The number of rotatable bonds is 3. The molecule has 0 amide bonds. The van der Waals surface area contributed by atoms with Gasteiger partial charge in [0.05, 0.1) is 11.4 Å². The lowest BCUT2D eigenvalue weighted by atomic mass is 9.86. The molecule has 0 radical (unpaired) electrons. The Kier molecular flexibility index (Phi) is 4.31. The quantitative estimate of drug-likeness (QED) is 0.605. The number of hydrogen-bond acceptors (Lipinski definition) is 1. The van der Waals surface area contributed by atoms with E-state index in [2.05, 4.69) is 93.9 Å². The molecule has 0 aliphatic carbocycles. The number of aromatic nitrogens is 2. The van der Waals surface area contributed by atoms with Crippen molar-refractivity contribution in [2.24, 2.45) is 0 Å². The van der Waals surface area contributed by atoms with E-state index in [1.54, 1.807) is 0 Å². The topological polar surface area (TPSA) is 17.8 Å². The molecule has 0 atom stereocenters. The average molecular weight is 318 g/mol. The highest BCUT2D eigenvalue weighted by Crippen LogP contribution is 2.35. The van der Waals surface area contributed by atoms with E-state index in [9.17, 15) is 0 Å². The molecule has 0 spiro atoms. The fourth-order valence-corrected chi connectivity index (χ4v) is 3.10. The molecule has 0 saturated carbocycles. The Hall–Kier alpha value is -2.35. The Balaban J connectivity index is 2.20. The molecule has 1 heterocycles. The predicted octanol–water partition coefficient (Wildman–Crippen LogP) is 5.71. The highest BCUT2D eigenvalue weighted by molar-refractivity contribution is 5.70. The number of aryl methyl sites for hydroxylation is 1. The molecular formula is C22H26N2. The van der Waals surface area contributed by atoms with E-state index in [1.165, 1.54) is 22.4 Å². The first-order valence-corrected chi connectivity index (χ1v) is 8.66. The number of benzene rings is 2. The van der Waals surface area contributed by atoms with Gasteiger partial charge in [0.25, 0.3) is 0 Å². The van der Waals surface area contributed by atoms with Gasteiger partial charge >= 0.3 is 0 Å². The molecule has 3 aromatic rings. The van der Waals surface area contributed by atoms with E-state index < -0.39 is 0 Å². The van der Waals surface area contributed by atoms with Crippen LogP contribution in [0.5, 0.6) is 0 Å². The molecule has 0 unspecified atom stereocenters. The first kappa shape index (κ1) is 16.5. The number of hydrogen-bond donors (Lipinski definition) is 0. The van der Waals surface area contributed by atoms with Crippen LogP contribution in [0.2, 0.25) is 0 Å². The third-order valence-electron chi connectivity index (χ3n) is 4.48. The van der Waals surface area contributed by atoms with Gasteiger partial charge in [0, 0.05) is 16.7 Å². The summed E-state index contributed by atoms with van der Waals surface area (Å²) < 4.78 is 2.09. The maximum atomic E-state index is 5.00. The van der Waals surface area contributed by atoms with Crippen molar-refractivity contribution in [1.82, 2.24) is 9.78 Å². The van der Waals surface area contributed by atoms with Crippen LogP contribution in [0.4, 0.5) is 0 Å². The summed E-state index contributed by atoms with van der Waals surface area (Å²) >= 11 is 0. The van der Waals surface area contributed by atoms with Gasteiger partial charge in [-0.05, 0) is 36.6 Å². The Labute approximate surface area is 145 Å². The summed E-state index contributed by atoms with van der Waals surface area (Å²) in [6, 6.07) is 19.3. The largest absolute Gasteiger partial charge is 0.237 e. The van der Waals surface area contributed by atoms with Gasteiger partial charge in [-0.25, -0.2) is 4.68 Å². The summed E-state index contributed by atoms with van der Waals surface area (Å²) in [6.07, 6.45) is 1.06. The van der Waals surface area contributed by atoms with Crippen molar-refractivity contribution in [1.29, 1.82) is 0 Å². The standard InChI is InChI=1S/C22H26N2/c1-6-17-12-14-19(15-13-17)24-16(2)20(18-10-8-7-9-11-18)21(23-24)22(3,4)5/h7-15H,6H2,1-5H3. The van der Waals surface area contributed by atoms with Crippen LogP contribution in [0.3, 0.4) is 0 Å². The maximum absolute atomic E-state index is 5.00. The van der Waals surface area contributed by atoms with Crippen LogP contribution in [0.15, 0.2) is 54.6 Å². The van der Waals surface area contributed by atoms with Gasteiger partial charge in [-0.3, -0.25) is 0 Å². The van der Waals surface area contributed by atoms with E-state index in [0.717, 1.165) is 17.8 Å². The molecule has 0 aliphatic heterocycles. The molecule has 2 heteroatoms. The second kappa shape index (κ2) is 6.27. The molecule has 24 heavy (non-hydrogen) atoms. The SMILES string of the molecule is CCc1ccc(-n2nc(C(C)(C)C)c(-c3ccccc3)c2C)cc1. The molecule has 124 valence electrons. The van der Waals surface area contributed by atoms with Gasteiger partial charge in [0.1, 0.15) is 0 Å². The predicted molar refractivity (Wildman–Crippen MR) is 102 cm³/mol. The fraction of sp³-hybridized carbons (Fsp3) is 0.318. The Morgan fingerprint density at radius 3 is 2.08 bits per heavy atom. The summed E-state index contributed by atoms with van der Waals surface area (Å²) in [5.74, 6) is 0. The van der Waals surface area contributed by atoms with Crippen molar-refractivity contribution in [3.05, 3.63) is 71.5 Å². The first-order valence-electron chi connectivity index (χ1n) is 8.66. The van der Waals surface area contributed by atoms with Gasteiger partial charge in [0.15, 0.2) is 0 Å². The van der Waals surface area contributed by atoms with E-state index in [1.807, 2.05) is 0 Å². The maximum Gasteiger partial charge on any atom is 0.0763 e. The van der Waals surface area contributed by atoms with Crippen LogP contribution in [-0.4, -0.2) is 9.78 Å². The molecule has 0 fully saturated rings. The second-order valence-corrected chi connectivity index (χ2v) is 7.36. The van der Waals surface area contributed by atoms with Crippen LogP contribution in [0, 0.1) is 6.92 Å². The molecule has 0 N–H and O–H groups in total. The monoisotopic (exact) mass is 318 g/mol. The van der Waals surface area contributed by atoms with Crippen LogP contribution in [-0.2, 0) is 11.8 Å². The summed E-state index contributed by atoms with van der Waals surface area (Å²) in [4.78, 5) is 0. The van der Waals surface area contributed by atoms with Crippen molar-refractivity contribution in [2.75, 3.05) is 0 Å². The number of nitrogens with zero attached hydrogens (tertiary/aromatic N) is 2. The van der Waals surface area contributed by atoms with Crippen LogP contribution < -0.4 is 0 Å². The molecule has 1 aromatic heterocycles. The van der Waals surface area contributed by atoms with Gasteiger partial charge in [0.2, 0.25) is 0 Å². The van der Waals surface area contributed by atoms with Gasteiger partial charge < -0.3 is 0 Å². The molecule has 0 aliphatic rings. The minimum Gasteiger partial charge on any atom is -0.237 e. The van der Waals surface area contributed by atoms with Crippen LogP contribution in [0.1, 0.15) is 44.6 Å². The van der Waals surface area contributed by atoms with E-state index in [4.69, 9.17) is 5.10 Å². The van der Waals surface area contributed by atoms with Crippen LogP contribution in [0.25, 0.3) is 16.8 Å². The lowest BCUT2D eigenvalue weighted by molar-refractivity contribution is 0.561. The molecule has 3 rings (SSSR count). The smallest absolute Gasteiger partial charge is 0.0763 e. The summed E-state index contributed by atoms with van der Waals surface area (Å²) in [7, 11) is 0. The van der Waals surface area contributed by atoms with Crippen molar-refractivity contribution in [3.8, 4) is 16.8 Å². The Morgan fingerprint density at radius 2 is 1.54 bits per heavy atom. The summed E-state index contributed by atoms with van der Waals surface area (Å²) in [5, 5.41) is 5.00. The van der Waals surface area contributed by atoms with Crippen molar-refractivity contribution in [3.63, 3.8) is 0 Å². The third kappa shape index (κ3) is 3.01. The van der Waals surface area contributed by atoms with E-state index in [0.29, 0.717) is 0 Å². The van der Waals surface area contributed by atoms with Gasteiger partial charge in [-0.15, -0.1) is 0 Å².